The van der Waals surface area contributed by atoms with Gasteiger partial charge >= 0.3 is 0 Å². The average Bonchev–Trinajstić information content (AvgIpc) is 2.35. The maximum absolute atomic E-state index is 13.9. The first-order chi connectivity index (χ1) is 8.52. The summed E-state index contributed by atoms with van der Waals surface area (Å²) in [6.07, 6.45) is 0. The van der Waals surface area contributed by atoms with Crippen LogP contribution < -0.4 is 0 Å². The molecule has 0 atom stereocenters. The Labute approximate surface area is 104 Å². The van der Waals surface area contributed by atoms with E-state index in [0.29, 0.717) is 11.1 Å². The third kappa shape index (κ3) is 2.04. The number of halogens is 2. The predicted molar refractivity (Wildman–Crippen MR) is 65.7 cm³/mol. The van der Waals surface area contributed by atoms with Crippen LogP contribution in [0.3, 0.4) is 0 Å². The van der Waals surface area contributed by atoms with E-state index in [4.69, 9.17) is 0 Å². The lowest BCUT2D eigenvalue weighted by atomic mass is 9.97. The Kier molecular flexibility index (Phi) is 3.24. The lowest BCUT2D eigenvalue weighted by Gasteiger charge is -2.08. The van der Waals surface area contributed by atoms with Gasteiger partial charge < -0.3 is 0 Å². The number of benzene rings is 2. The Morgan fingerprint density at radius 2 is 1.61 bits per heavy atom. The van der Waals surface area contributed by atoms with Crippen LogP contribution in [-0.4, -0.2) is 5.78 Å². The topological polar surface area (TPSA) is 17.1 Å². The molecular formula is C15H12F2O. The summed E-state index contributed by atoms with van der Waals surface area (Å²) in [5.41, 5.74) is 0.793. The second-order valence-electron chi connectivity index (χ2n) is 4.20. The fourth-order valence-electron chi connectivity index (χ4n) is 1.83. The molecule has 2 aromatic carbocycles. The van der Waals surface area contributed by atoms with Crippen molar-refractivity contribution in [3.63, 3.8) is 0 Å². The number of carbonyl (C=O) groups is 1. The fourth-order valence-corrected chi connectivity index (χ4v) is 1.83. The summed E-state index contributed by atoms with van der Waals surface area (Å²) in [6, 6.07) is 9.18. The van der Waals surface area contributed by atoms with Gasteiger partial charge in [0.15, 0.2) is 5.78 Å². The molecule has 0 unspecified atom stereocenters. The summed E-state index contributed by atoms with van der Waals surface area (Å²) < 4.78 is 27.5. The van der Waals surface area contributed by atoms with Crippen molar-refractivity contribution in [2.24, 2.45) is 0 Å². The van der Waals surface area contributed by atoms with Crippen molar-refractivity contribution < 1.29 is 13.6 Å². The minimum absolute atomic E-state index is 0.258. The van der Waals surface area contributed by atoms with Crippen molar-refractivity contribution in [1.82, 2.24) is 0 Å². The molecule has 0 heterocycles. The second-order valence-corrected chi connectivity index (χ2v) is 4.20. The van der Waals surface area contributed by atoms with E-state index in [1.54, 1.807) is 31.2 Å². The van der Waals surface area contributed by atoms with Gasteiger partial charge in [-0.1, -0.05) is 30.3 Å². The van der Waals surface area contributed by atoms with Gasteiger partial charge in [-0.2, -0.15) is 0 Å². The van der Waals surface area contributed by atoms with Gasteiger partial charge in [0.25, 0.3) is 0 Å². The van der Waals surface area contributed by atoms with Gasteiger partial charge in [-0.05, 0) is 31.0 Å². The summed E-state index contributed by atoms with van der Waals surface area (Å²) in [7, 11) is 0. The van der Waals surface area contributed by atoms with Gasteiger partial charge in [0.05, 0.1) is 5.56 Å². The minimum atomic E-state index is -0.827. The molecular weight excluding hydrogens is 234 g/mol. The van der Waals surface area contributed by atoms with Crippen LogP contribution in [0, 0.1) is 25.5 Å². The summed E-state index contributed by atoms with van der Waals surface area (Å²) in [6.45, 7) is 3.24. The first-order valence-corrected chi connectivity index (χ1v) is 5.57. The molecule has 0 aliphatic heterocycles. The van der Waals surface area contributed by atoms with Gasteiger partial charge in [-0.3, -0.25) is 4.79 Å². The first-order valence-electron chi connectivity index (χ1n) is 5.57. The molecule has 0 radical (unpaired) electrons. The van der Waals surface area contributed by atoms with Crippen LogP contribution in [0.4, 0.5) is 8.78 Å². The van der Waals surface area contributed by atoms with E-state index < -0.39 is 23.0 Å². The van der Waals surface area contributed by atoms with E-state index >= 15 is 0 Å². The summed E-state index contributed by atoms with van der Waals surface area (Å²) in [5, 5.41) is 0. The molecule has 1 nitrogen and oxygen atoms in total. The van der Waals surface area contributed by atoms with Gasteiger partial charge in [0.1, 0.15) is 11.6 Å². The number of rotatable bonds is 2. The van der Waals surface area contributed by atoms with Crippen LogP contribution in [0.15, 0.2) is 36.4 Å². The van der Waals surface area contributed by atoms with Crippen molar-refractivity contribution in [2.75, 3.05) is 0 Å². The van der Waals surface area contributed by atoms with E-state index in [9.17, 15) is 13.6 Å². The molecule has 0 saturated heterocycles. The molecule has 0 saturated carbocycles. The molecule has 2 aromatic rings. The Bertz CT molecular complexity index is 618. The quantitative estimate of drug-likeness (QED) is 0.736. The van der Waals surface area contributed by atoms with Crippen molar-refractivity contribution in [3.05, 3.63) is 70.3 Å². The molecule has 0 bridgehead atoms. The van der Waals surface area contributed by atoms with E-state index in [1.807, 2.05) is 0 Å². The van der Waals surface area contributed by atoms with Crippen molar-refractivity contribution in [1.29, 1.82) is 0 Å². The molecule has 0 aliphatic rings. The lowest BCUT2D eigenvalue weighted by Crippen LogP contribution is -2.10. The van der Waals surface area contributed by atoms with Crippen LogP contribution in [0.5, 0.6) is 0 Å². The first kappa shape index (κ1) is 12.4. The predicted octanol–water partition coefficient (Wildman–Crippen LogP) is 3.81. The standard InChI is InChI=1S/C15H12F2O/c1-9-5-3-4-6-11(9)15(18)13-12(16)8-7-10(2)14(13)17/h3-8H,1-2H3. The molecule has 0 N–H and O–H groups in total. The van der Waals surface area contributed by atoms with Crippen molar-refractivity contribution >= 4 is 5.78 Å². The highest BCUT2D eigenvalue weighted by Gasteiger charge is 2.21. The van der Waals surface area contributed by atoms with Crippen LogP contribution in [0.2, 0.25) is 0 Å². The largest absolute Gasteiger partial charge is 0.288 e. The Morgan fingerprint density at radius 1 is 0.944 bits per heavy atom. The number of hydrogen-bond donors (Lipinski definition) is 0. The third-order valence-electron chi connectivity index (χ3n) is 2.90. The molecule has 0 aromatic heterocycles. The van der Waals surface area contributed by atoms with Crippen LogP contribution in [-0.2, 0) is 0 Å². The molecule has 18 heavy (non-hydrogen) atoms. The summed E-state index contributed by atoms with van der Waals surface area (Å²) in [5.74, 6) is -2.23. The fraction of sp³-hybridized carbons (Fsp3) is 0.133. The molecule has 0 aliphatic carbocycles. The normalized spacial score (nSPS) is 10.4. The maximum Gasteiger partial charge on any atom is 0.199 e. The van der Waals surface area contributed by atoms with E-state index in [2.05, 4.69) is 0 Å². The number of aryl methyl sites for hydroxylation is 2. The molecule has 3 heteroatoms. The van der Waals surface area contributed by atoms with E-state index in [-0.39, 0.29) is 5.56 Å². The van der Waals surface area contributed by atoms with Gasteiger partial charge in [-0.15, -0.1) is 0 Å². The zero-order chi connectivity index (χ0) is 13.3. The smallest absolute Gasteiger partial charge is 0.199 e. The van der Waals surface area contributed by atoms with Gasteiger partial charge in [0, 0.05) is 5.56 Å². The summed E-state index contributed by atoms with van der Waals surface area (Å²) in [4.78, 5) is 12.2. The SMILES string of the molecule is Cc1ccccc1C(=O)c1c(F)ccc(C)c1F. The highest BCUT2D eigenvalue weighted by atomic mass is 19.1. The Morgan fingerprint density at radius 3 is 2.28 bits per heavy atom. The molecule has 0 amide bonds. The second kappa shape index (κ2) is 4.69. The number of ketones is 1. The third-order valence-corrected chi connectivity index (χ3v) is 2.90. The van der Waals surface area contributed by atoms with Crippen molar-refractivity contribution in [2.45, 2.75) is 13.8 Å². The Hall–Kier alpha value is -2.03. The van der Waals surface area contributed by atoms with Crippen LogP contribution in [0.25, 0.3) is 0 Å². The van der Waals surface area contributed by atoms with Gasteiger partial charge in [-0.25, -0.2) is 8.78 Å². The summed E-state index contributed by atoms with van der Waals surface area (Å²) >= 11 is 0. The monoisotopic (exact) mass is 246 g/mol. The van der Waals surface area contributed by atoms with E-state index in [0.717, 1.165) is 6.07 Å². The Balaban J connectivity index is 2.61. The maximum atomic E-state index is 13.9. The molecule has 2 rings (SSSR count). The van der Waals surface area contributed by atoms with Crippen LogP contribution >= 0.6 is 0 Å². The average molecular weight is 246 g/mol. The minimum Gasteiger partial charge on any atom is -0.288 e. The zero-order valence-corrected chi connectivity index (χ0v) is 10.1. The van der Waals surface area contributed by atoms with Crippen LogP contribution in [0.1, 0.15) is 27.0 Å². The van der Waals surface area contributed by atoms with Gasteiger partial charge in [0.2, 0.25) is 0 Å². The highest BCUT2D eigenvalue weighted by Crippen LogP contribution is 2.21. The number of carbonyl (C=O) groups excluding carboxylic acids is 1. The molecule has 92 valence electrons. The highest BCUT2D eigenvalue weighted by molar-refractivity contribution is 6.10. The molecule has 0 fully saturated rings. The van der Waals surface area contributed by atoms with Crippen molar-refractivity contribution in [3.8, 4) is 0 Å². The lowest BCUT2D eigenvalue weighted by molar-refractivity contribution is 0.103. The van der Waals surface area contributed by atoms with E-state index in [1.165, 1.54) is 13.0 Å². The molecule has 0 spiro atoms. The zero-order valence-electron chi connectivity index (χ0n) is 10.1. The number of hydrogen-bond acceptors (Lipinski definition) is 1.